The van der Waals surface area contributed by atoms with Gasteiger partial charge in [-0.2, -0.15) is 0 Å². The molecule has 6 nitrogen and oxygen atoms in total. The maximum absolute atomic E-state index is 12.6. The Kier molecular flexibility index (Phi) is 8.33. The van der Waals surface area contributed by atoms with Crippen LogP contribution in [-0.2, 0) is 4.79 Å². The van der Waals surface area contributed by atoms with E-state index >= 15 is 0 Å². The van der Waals surface area contributed by atoms with Crippen molar-refractivity contribution in [1.29, 1.82) is 0 Å². The predicted molar refractivity (Wildman–Crippen MR) is 123 cm³/mol. The lowest BCUT2D eigenvalue weighted by atomic mass is 10.0. The molecule has 2 N–H and O–H groups in total. The second kappa shape index (κ2) is 11.4. The molecule has 0 spiro atoms. The number of ether oxygens (including phenoxy) is 2. The molecular weight excluding hydrogens is 392 g/mol. The summed E-state index contributed by atoms with van der Waals surface area (Å²) in [6.07, 6.45) is 6.40. The van der Waals surface area contributed by atoms with Gasteiger partial charge in [-0.3, -0.25) is 9.59 Å². The molecule has 31 heavy (non-hydrogen) atoms. The summed E-state index contributed by atoms with van der Waals surface area (Å²) in [6, 6.07) is 12.4. The van der Waals surface area contributed by atoms with E-state index in [1.54, 1.807) is 24.3 Å². The maximum atomic E-state index is 12.6. The maximum Gasteiger partial charge on any atom is 0.255 e. The van der Waals surface area contributed by atoms with E-state index in [0.29, 0.717) is 54.0 Å². The fourth-order valence-electron chi connectivity index (χ4n) is 3.94. The Hall–Kier alpha value is -3.02. The molecular formula is C25H32N2O4. The third kappa shape index (κ3) is 6.48. The first-order valence-corrected chi connectivity index (χ1v) is 11.2. The quantitative estimate of drug-likeness (QED) is 0.517. The van der Waals surface area contributed by atoms with Crippen molar-refractivity contribution in [3.63, 3.8) is 0 Å². The van der Waals surface area contributed by atoms with Gasteiger partial charge in [0.1, 0.15) is 11.5 Å². The van der Waals surface area contributed by atoms with E-state index in [-0.39, 0.29) is 11.8 Å². The Balaban J connectivity index is 1.77. The summed E-state index contributed by atoms with van der Waals surface area (Å²) in [5.74, 6) is 1.38. The summed E-state index contributed by atoms with van der Waals surface area (Å²) >= 11 is 0. The van der Waals surface area contributed by atoms with Gasteiger partial charge in [-0.05, 0) is 38.3 Å². The first-order valence-electron chi connectivity index (χ1n) is 11.2. The second-order valence-corrected chi connectivity index (χ2v) is 7.77. The molecule has 1 fully saturated rings. The van der Waals surface area contributed by atoms with E-state index in [9.17, 15) is 9.59 Å². The van der Waals surface area contributed by atoms with Crippen LogP contribution in [0.25, 0.3) is 0 Å². The third-order valence-electron chi connectivity index (χ3n) is 5.49. The van der Waals surface area contributed by atoms with Gasteiger partial charge in [-0.25, -0.2) is 0 Å². The Morgan fingerprint density at radius 2 is 1.48 bits per heavy atom. The first-order chi connectivity index (χ1) is 15.1. The molecule has 0 heterocycles. The van der Waals surface area contributed by atoms with E-state index in [0.717, 1.165) is 6.42 Å². The number of carbonyl (C=O) groups is 2. The zero-order valence-electron chi connectivity index (χ0n) is 18.4. The molecule has 2 aromatic rings. The molecule has 0 aliphatic heterocycles. The number of benzene rings is 2. The van der Waals surface area contributed by atoms with Gasteiger partial charge in [0.2, 0.25) is 5.91 Å². The van der Waals surface area contributed by atoms with Crippen LogP contribution in [-0.4, -0.2) is 25.0 Å². The smallest absolute Gasteiger partial charge is 0.255 e. The van der Waals surface area contributed by atoms with E-state index in [1.807, 2.05) is 32.0 Å². The van der Waals surface area contributed by atoms with Crippen molar-refractivity contribution in [1.82, 2.24) is 0 Å². The van der Waals surface area contributed by atoms with Crippen LogP contribution >= 0.6 is 0 Å². The standard InChI is InChI=1S/C25H32N2O4/c1-3-30-22-17-21(27-25(29)19-12-6-5-7-13-19)23(31-4-2)16-20(22)26-24(28)15-14-18-10-8-9-11-18/h5-7,12-13,16-18H,3-4,8-11,14-15H2,1-2H3,(H,26,28)(H,27,29). The first kappa shape index (κ1) is 22.7. The molecule has 6 heteroatoms. The fourth-order valence-corrected chi connectivity index (χ4v) is 3.94. The zero-order chi connectivity index (χ0) is 22.1. The largest absolute Gasteiger partial charge is 0.492 e. The van der Waals surface area contributed by atoms with Crippen molar-refractivity contribution in [2.75, 3.05) is 23.8 Å². The van der Waals surface area contributed by atoms with Gasteiger partial charge < -0.3 is 20.1 Å². The predicted octanol–water partition coefficient (Wildman–Crippen LogP) is 5.65. The van der Waals surface area contributed by atoms with Crippen LogP contribution in [0.15, 0.2) is 42.5 Å². The number of nitrogens with one attached hydrogen (secondary N) is 2. The van der Waals surface area contributed by atoms with Gasteiger partial charge in [0.25, 0.3) is 5.91 Å². The Bertz CT molecular complexity index is 877. The molecule has 0 unspecified atom stereocenters. The number of rotatable bonds is 10. The highest BCUT2D eigenvalue weighted by Gasteiger charge is 2.19. The topological polar surface area (TPSA) is 76.7 Å². The van der Waals surface area contributed by atoms with Crippen molar-refractivity contribution in [3.8, 4) is 11.5 Å². The lowest BCUT2D eigenvalue weighted by Gasteiger charge is -2.18. The van der Waals surface area contributed by atoms with Gasteiger partial charge in [0, 0.05) is 24.1 Å². The van der Waals surface area contributed by atoms with E-state index in [2.05, 4.69) is 10.6 Å². The highest BCUT2D eigenvalue weighted by atomic mass is 16.5. The molecule has 1 saturated carbocycles. The van der Waals surface area contributed by atoms with Crippen LogP contribution < -0.4 is 20.1 Å². The highest BCUT2D eigenvalue weighted by Crippen LogP contribution is 2.37. The average molecular weight is 425 g/mol. The second-order valence-electron chi connectivity index (χ2n) is 7.77. The number of hydrogen-bond donors (Lipinski definition) is 2. The van der Waals surface area contributed by atoms with Crippen LogP contribution in [0.1, 0.15) is 62.7 Å². The lowest BCUT2D eigenvalue weighted by Crippen LogP contribution is -2.16. The van der Waals surface area contributed by atoms with Crippen LogP contribution in [0.4, 0.5) is 11.4 Å². The molecule has 2 amide bonds. The monoisotopic (exact) mass is 424 g/mol. The van der Waals surface area contributed by atoms with Crippen LogP contribution in [0, 0.1) is 5.92 Å². The Labute approximate surface area is 184 Å². The van der Waals surface area contributed by atoms with Crippen molar-refractivity contribution in [2.24, 2.45) is 5.92 Å². The minimum absolute atomic E-state index is 0.0311. The normalized spacial score (nSPS) is 13.6. The number of hydrogen-bond acceptors (Lipinski definition) is 4. The van der Waals surface area contributed by atoms with E-state index in [1.165, 1.54) is 25.7 Å². The Morgan fingerprint density at radius 3 is 2.06 bits per heavy atom. The molecule has 0 aromatic heterocycles. The Morgan fingerprint density at radius 1 is 0.903 bits per heavy atom. The highest BCUT2D eigenvalue weighted by molar-refractivity contribution is 6.05. The molecule has 166 valence electrons. The summed E-state index contributed by atoms with van der Waals surface area (Å²) in [5, 5.41) is 5.87. The van der Waals surface area contributed by atoms with E-state index in [4.69, 9.17) is 9.47 Å². The molecule has 1 aliphatic carbocycles. The summed E-state index contributed by atoms with van der Waals surface area (Å²) in [4.78, 5) is 25.2. The number of amides is 2. The average Bonchev–Trinajstić information content (AvgIpc) is 3.30. The van der Waals surface area contributed by atoms with Crippen molar-refractivity contribution < 1.29 is 19.1 Å². The van der Waals surface area contributed by atoms with Crippen molar-refractivity contribution >= 4 is 23.2 Å². The van der Waals surface area contributed by atoms with Gasteiger partial charge in [-0.15, -0.1) is 0 Å². The number of carbonyl (C=O) groups excluding carboxylic acids is 2. The molecule has 1 aliphatic rings. The summed E-state index contributed by atoms with van der Waals surface area (Å²) in [7, 11) is 0. The minimum atomic E-state index is -0.239. The molecule has 2 aromatic carbocycles. The van der Waals surface area contributed by atoms with E-state index < -0.39 is 0 Å². The molecule has 0 saturated heterocycles. The third-order valence-corrected chi connectivity index (χ3v) is 5.49. The lowest BCUT2D eigenvalue weighted by molar-refractivity contribution is -0.116. The SMILES string of the molecule is CCOc1cc(NC(=O)c2ccccc2)c(OCC)cc1NC(=O)CCC1CCCC1. The summed E-state index contributed by atoms with van der Waals surface area (Å²) in [5.41, 5.74) is 1.61. The van der Waals surface area contributed by atoms with Crippen LogP contribution in [0.3, 0.4) is 0 Å². The van der Waals surface area contributed by atoms with Gasteiger partial charge in [0.05, 0.1) is 24.6 Å². The summed E-state index contributed by atoms with van der Waals surface area (Å²) < 4.78 is 11.5. The van der Waals surface area contributed by atoms with Crippen molar-refractivity contribution in [3.05, 3.63) is 48.0 Å². The fraction of sp³-hybridized carbons (Fsp3) is 0.440. The minimum Gasteiger partial charge on any atom is -0.492 e. The van der Waals surface area contributed by atoms with Crippen LogP contribution in [0.2, 0.25) is 0 Å². The molecule has 0 radical (unpaired) electrons. The molecule has 0 atom stereocenters. The molecule has 0 bridgehead atoms. The summed E-state index contributed by atoms with van der Waals surface area (Å²) in [6.45, 7) is 4.62. The van der Waals surface area contributed by atoms with Crippen LogP contribution in [0.5, 0.6) is 11.5 Å². The van der Waals surface area contributed by atoms with Gasteiger partial charge >= 0.3 is 0 Å². The van der Waals surface area contributed by atoms with Crippen molar-refractivity contribution in [2.45, 2.75) is 52.4 Å². The zero-order valence-corrected chi connectivity index (χ0v) is 18.4. The molecule has 3 rings (SSSR count). The number of anilines is 2. The van der Waals surface area contributed by atoms with Gasteiger partial charge in [0.15, 0.2) is 0 Å². The van der Waals surface area contributed by atoms with Gasteiger partial charge in [-0.1, -0.05) is 43.9 Å².